The van der Waals surface area contributed by atoms with Crippen molar-refractivity contribution in [3.63, 3.8) is 0 Å². The summed E-state index contributed by atoms with van der Waals surface area (Å²) in [7, 11) is 5.80. The zero-order valence-corrected chi connectivity index (χ0v) is 14.4. The lowest BCUT2D eigenvalue weighted by Gasteiger charge is -2.31. The molecule has 24 heavy (non-hydrogen) atoms. The Bertz CT molecular complexity index is 881. The highest BCUT2D eigenvalue weighted by atomic mass is 16.1. The summed E-state index contributed by atoms with van der Waals surface area (Å²) in [6.07, 6.45) is 1.77. The summed E-state index contributed by atoms with van der Waals surface area (Å²) in [6.45, 7) is 2.13. The highest BCUT2D eigenvalue weighted by molar-refractivity contribution is 5.88. The van der Waals surface area contributed by atoms with Crippen LogP contribution in [0.1, 0.15) is 18.5 Å². The second kappa shape index (κ2) is 6.49. The molecule has 3 aromatic rings. The summed E-state index contributed by atoms with van der Waals surface area (Å²) in [4.78, 5) is 17.3. The standard InChI is InChI=1S/C18H23N5O/c1-12(16(22(2)3)13-8-6-5-7-9-13)20-17-14-10-11-19-15(14)18(24)23(4)21-17/h5-12,16,19H,1-4H3,(H,20,21)/t12-,16+/m0/s1. The van der Waals surface area contributed by atoms with E-state index in [1.54, 1.807) is 13.2 Å². The van der Waals surface area contributed by atoms with E-state index >= 15 is 0 Å². The van der Waals surface area contributed by atoms with E-state index in [2.05, 4.69) is 53.5 Å². The molecule has 0 amide bonds. The average molecular weight is 325 g/mol. The molecule has 0 unspecified atom stereocenters. The molecule has 0 saturated carbocycles. The Morgan fingerprint density at radius 3 is 2.58 bits per heavy atom. The second-order valence-electron chi connectivity index (χ2n) is 6.30. The molecule has 6 heteroatoms. The van der Waals surface area contributed by atoms with E-state index in [1.807, 2.05) is 24.3 Å². The quantitative estimate of drug-likeness (QED) is 0.756. The van der Waals surface area contributed by atoms with E-state index in [0.717, 1.165) is 5.39 Å². The largest absolute Gasteiger partial charge is 0.364 e. The first-order valence-corrected chi connectivity index (χ1v) is 8.01. The minimum absolute atomic E-state index is 0.102. The van der Waals surface area contributed by atoms with Crippen LogP contribution in [0.25, 0.3) is 10.9 Å². The van der Waals surface area contributed by atoms with E-state index in [-0.39, 0.29) is 17.6 Å². The van der Waals surface area contributed by atoms with Gasteiger partial charge in [0.1, 0.15) is 5.52 Å². The van der Waals surface area contributed by atoms with Crippen LogP contribution in [0.15, 0.2) is 47.4 Å². The number of hydrogen-bond acceptors (Lipinski definition) is 4. The van der Waals surface area contributed by atoms with Crippen molar-refractivity contribution in [3.05, 3.63) is 58.5 Å². The van der Waals surface area contributed by atoms with Gasteiger partial charge < -0.3 is 15.2 Å². The van der Waals surface area contributed by atoms with E-state index in [0.29, 0.717) is 11.3 Å². The molecular formula is C18H23N5O. The van der Waals surface area contributed by atoms with Crippen LogP contribution < -0.4 is 10.9 Å². The highest BCUT2D eigenvalue weighted by Gasteiger charge is 2.23. The predicted molar refractivity (Wildman–Crippen MR) is 97.3 cm³/mol. The number of aromatic nitrogens is 3. The predicted octanol–water partition coefficient (Wildman–Crippen LogP) is 2.36. The Kier molecular flexibility index (Phi) is 4.40. The van der Waals surface area contributed by atoms with Crippen LogP contribution in [0, 0.1) is 0 Å². The number of fused-ring (bicyclic) bond motifs is 1. The monoisotopic (exact) mass is 325 g/mol. The molecular weight excluding hydrogens is 302 g/mol. The number of hydrogen-bond donors (Lipinski definition) is 2. The van der Waals surface area contributed by atoms with Gasteiger partial charge in [0.25, 0.3) is 5.56 Å². The van der Waals surface area contributed by atoms with Crippen molar-refractivity contribution in [2.24, 2.45) is 7.05 Å². The van der Waals surface area contributed by atoms with Crippen LogP contribution in [-0.4, -0.2) is 39.8 Å². The van der Waals surface area contributed by atoms with Gasteiger partial charge in [0.2, 0.25) is 0 Å². The van der Waals surface area contributed by atoms with Gasteiger partial charge >= 0.3 is 0 Å². The molecule has 2 atom stereocenters. The molecule has 2 aromatic heterocycles. The van der Waals surface area contributed by atoms with Crippen molar-refractivity contribution in [3.8, 4) is 0 Å². The van der Waals surface area contributed by atoms with Crippen molar-refractivity contribution in [2.75, 3.05) is 19.4 Å². The number of anilines is 1. The number of nitrogens with one attached hydrogen (secondary N) is 2. The van der Waals surface area contributed by atoms with Gasteiger partial charge in [0, 0.05) is 24.7 Å². The van der Waals surface area contributed by atoms with Gasteiger partial charge in [-0.2, -0.15) is 5.10 Å². The summed E-state index contributed by atoms with van der Waals surface area (Å²) in [6, 6.07) is 12.5. The number of benzene rings is 1. The molecule has 2 N–H and O–H groups in total. The SMILES string of the molecule is C[C@H](Nc1nn(C)c(=O)c2[nH]ccc12)[C@H](c1ccccc1)N(C)C. The Labute approximate surface area is 141 Å². The van der Waals surface area contributed by atoms with Crippen LogP contribution >= 0.6 is 0 Å². The van der Waals surface area contributed by atoms with Crippen molar-refractivity contribution in [1.29, 1.82) is 0 Å². The third kappa shape index (κ3) is 2.92. The van der Waals surface area contributed by atoms with Crippen LogP contribution in [0.3, 0.4) is 0 Å². The smallest absolute Gasteiger partial charge is 0.290 e. The number of likely N-dealkylation sites (N-methyl/N-ethyl adjacent to an activating group) is 1. The molecule has 2 heterocycles. The van der Waals surface area contributed by atoms with Gasteiger partial charge in [-0.15, -0.1) is 0 Å². The lowest BCUT2D eigenvalue weighted by molar-refractivity contribution is 0.275. The summed E-state index contributed by atoms with van der Waals surface area (Å²) in [5.41, 5.74) is 1.68. The summed E-state index contributed by atoms with van der Waals surface area (Å²) in [5.74, 6) is 0.712. The van der Waals surface area contributed by atoms with Crippen molar-refractivity contribution in [2.45, 2.75) is 19.0 Å². The average Bonchev–Trinajstić information content (AvgIpc) is 3.03. The molecule has 0 aliphatic rings. The van der Waals surface area contributed by atoms with Gasteiger partial charge in [-0.25, -0.2) is 4.68 Å². The van der Waals surface area contributed by atoms with Gasteiger partial charge in [-0.05, 0) is 32.6 Å². The van der Waals surface area contributed by atoms with Crippen molar-refractivity contribution in [1.82, 2.24) is 19.7 Å². The maximum Gasteiger partial charge on any atom is 0.290 e. The zero-order valence-electron chi connectivity index (χ0n) is 14.4. The third-order valence-electron chi connectivity index (χ3n) is 4.30. The first-order chi connectivity index (χ1) is 11.5. The molecule has 126 valence electrons. The molecule has 0 saturated heterocycles. The Hall–Kier alpha value is -2.60. The van der Waals surface area contributed by atoms with Crippen molar-refractivity contribution >= 4 is 16.7 Å². The van der Waals surface area contributed by atoms with Gasteiger partial charge in [0.15, 0.2) is 5.82 Å². The molecule has 0 fully saturated rings. The summed E-state index contributed by atoms with van der Waals surface area (Å²) in [5, 5.41) is 8.70. The fourth-order valence-electron chi connectivity index (χ4n) is 3.24. The van der Waals surface area contributed by atoms with E-state index in [9.17, 15) is 4.79 Å². The van der Waals surface area contributed by atoms with E-state index in [1.165, 1.54) is 10.2 Å². The first kappa shape index (κ1) is 16.3. The third-order valence-corrected chi connectivity index (χ3v) is 4.30. The lowest BCUT2D eigenvalue weighted by atomic mass is 9.99. The number of H-pyrrole nitrogens is 1. The van der Waals surface area contributed by atoms with Crippen LogP contribution in [0.5, 0.6) is 0 Å². The van der Waals surface area contributed by atoms with E-state index in [4.69, 9.17) is 0 Å². The molecule has 6 nitrogen and oxygen atoms in total. The Balaban J connectivity index is 1.97. The molecule has 0 aliphatic heterocycles. The molecule has 3 rings (SSSR count). The van der Waals surface area contributed by atoms with Gasteiger partial charge in [-0.1, -0.05) is 30.3 Å². The lowest BCUT2D eigenvalue weighted by Crippen LogP contribution is -2.35. The topological polar surface area (TPSA) is 66.0 Å². The second-order valence-corrected chi connectivity index (χ2v) is 6.30. The van der Waals surface area contributed by atoms with Crippen molar-refractivity contribution < 1.29 is 0 Å². The fourth-order valence-corrected chi connectivity index (χ4v) is 3.24. The highest BCUT2D eigenvalue weighted by Crippen LogP contribution is 2.26. The Morgan fingerprint density at radius 2 is 1.92 bits per heavy atom. The molecule has 0 spiro atoms. The van der Waals surface area contributed by atoms with Crippen LogP contribution in [0.4, 0.5) is 5.82 Å². The first-order valence-electron chi connectivity index (χ1n) is 8.01. The Morgan fingerprint density at radius 1 is 1.21 bits per heavy atom. The van der Waals surface area contributed by atoms with Crippen LogP contribution in [-0.2, 0) is 7.05 Å². The molecule has 0 bridgehead atoms. The summed E-state index contributed by atoms with van der Waals surface area (Å²) < 4.78 is 1.36. The van der Waals surface area contributed by atoms with E-state index < -0.39 is 0 Å². The molecule has 0 radical (unpaired) electrons. The number of aryl methyl sites for hydroxylation is 1. The number of rotatable bonds is 5. The molecule has 0 aliphatic carbocycles. The van der Waals surface area contributed by atoms with Gasteiger partial charge in [0.05, 0.1) is 6.04 Å². The molecule has 1 aromatic carbocycles. The zero-order chi connectivity index (χ0) is 17.3. The normalized spacial score (nSPS) is 14.0. The summed E-state index contributed by atoms with van der Waals surface area (Å²) >= 11 is 0. The van der Waals surface area contributed by atoms with Crippen LogP contribution in [0.2, 0.25) is 0 Å². The minimum atomic E-state index is -0.125. The van der Waals surface area contributed by atoms with Gasteiger partial charge in [-0.3, -0.25) is 4.79 Å². The maximum absolute atomic E-state index is 12.1. The maximum atomic E-state index is 12.1. The minimum Gasteiger partial charge on any atom is -0.364 e. The number of aromatic amines is 1. The number of nitrogens with zero attached hydrogens (tertiary/aromatic N) is 3. The fraction of sp³-hybridized carbons (Fsp3) is 0.333.